The summed E-state index contributed by atoms with van der Waals surface area (Å²) in [5, 5.41) is 37.7. The topological polar surface area (TPSA) is 21.7 Å². The molecule has 0 amide bonds. The van der Waals surface area contributed by atoms with Gasteiger partial charge in [0.05, 0.1) is 19.8 Å². The number of fused-ring (bicyclic) bond motifs is 1. The molecule has 4 unspecified atom stereocenters. The molecule has 0 N–H and O–H groups in total. The van der Waals surface area contributed by atoms with Crippen molar-refractivity contribution in [1.82, 2.24) is 4.90 Å². The second-order valence-corrected chi connectivity index (χ2v) is 20.2. The van der Waals surface area contributed by atoms with Gasteiger partial charge >= 0.3 is 0 Å². The summed E-state index contributed by atoms with van der Waals surface area (Å²) in [6.45, 7) is 2.77. The minimum atomic E-state index is -0.159. The number of methoxy groups -OCH3 is 1. The van der Waals surface area contributed by atoms with Gasteiger partial charge in [-0.05, 0) is 194 Å². The Bertz CT molecular complexity index is 4390. The van der Waals surface area contributed by atoms with E-state index in [4.69, 9.17) is 9.47 Å². The third-order valence-corrected chi connectivity index (χ3v) is 18.2. The van der Waals surface area contributed by atoms with Crippen LogP contribution in [0.15, 0.2) is 91.0 Å². The number of hydrogen-bond donors (Lipinski definition) is 0. The van der Waals surface area contributed by atoms with Gasteiger partial charge in [-0.15, -0.1) is 0 Å². The molecule has 3 heteroatoms. The Morgan fingerprint density at radius 1 is 0.525 bits per heavy atom. The largest absolute Gasteiger partial charge is 0.382 e. The molecular formula is C58H35NO2. The fourth-order valence-corrected chi connectivity index (χ4v) is 17.0. The third kappa shape index (κ3) is 2.70. The van der Waals surface area contributed by atoms with Crippen molar-refractivity contribution < 1.29 is 9.47 Å². The van der Waals surface area contributed by atoms with E-state index in [0.29, 0.717) is 25.7 Å². The van der Waals surface area contributed by atoms with Gasteiger partial charge in [-0.1, -0.05) is 83.9 Å². The second-order valence-electron chi connectivity index (χ2n) is 20.2. The molecule has 0 saturated carbocycles. The molecule has 5 aliphatic rings. The average molecular weight is 778 g/mol. The van der Waals surface area contributed by atoms with E-state index in [1.165, 1.54) is 43.4 Å². The van der Waals surface area contributed by atoms with Crippen LogP contribution in [-0.2, 0) is 27.7 Å². The summed E-state index contributed by atoms with van der Waals surface area (Å²) in [6, 6.07) is 36.8. The lowest BCUT2D eigenvalue weighted by atomic mass is 9.58. The summed E-state index contributed by atoms with van der Waals surface area (Å²) in [5.74, 6) is 0.301. The molecule has 3 nitrogen and oxygen atoms in total. The van der Waals surface area contributed by atoms with Crippen LogP contribution in [0.2, 0.25) is 0 Å². The summed E-state index contributed by atoms with van der Waals surface area (Å²) in [5.41, 5.74) is 11.0. The van der Waals surface area contributed by atoms with Crippen molar-refractivity contribution >= 4 is 130 Å². The number of ether oxygens (including phenoxy) is 2. The van der Waals surface area contributed by atoms with E-state index in [0.717, 1.165) is 25.8 Å². The second kappa shape index (κ2) is 9.08. The van der Waals surface area contributed by atoms with Gasteiger partial charge in [-0.3, -0.25) is 4.90 Å². The molecule has 0 aromatic heterocycles. The fraction of sp³-hybridized carbons (Fsp3) is 0.207. The Balaban J connectivity index is 1.10. The fourth-order valence-electron chi connectivity index (χ4n) is 17.0. The van der Waals surface area contributed by atoms with Gasteiger partial charge in [0.25, 0.3) is 0 Å². The highest BCUT2D eigenvalue weighted by atomic mass is 16.5. The standard InChI is InChI=1S/C58H35NO2/c1-60-14-15-61-13-12-59-56(24-8-4-2-5-9-24)54-33-22-31-20-28-18-29-17-26-16-27-19-30-21-32-23-58(54,57(59)25-10-6-3-7-11-25)55-40(32)45-39(30)44-35(27)34(26)42-38(29)43-36(28)37(31)46-41(33)53(55)52-50(45)48(44)47(42)49(43)51(46)52/h2-11,16-19,21,54,56-57H,12-15,20,22-23H2,1H3. The molecule has 1 heterocycles. The highest BCUT2D eigenvalue weighted by Crippen LogP contribution is 2.73. The smallest absolute Gasteiger partial charge is 0.0700 e. The van der Waals surface area contributed by atoms with Crippen molar-refractivity contribution in [2.75, 3.05) is 33.5 Å². The number of hydrogen-bond acceptors (Lipinski definition) is 3. The lowest BCUT2D eigenvalue weighted by Crippen LogP contribution is -2.44. The zero-order valence-electron chi connectivity index (χ0n) is 33.6. The van der Waals surface area contributed by atoms with Gasteiger partial charge in [0.1, 0.15) is 0 Å². The van der Waals surface area contributed by atoms with Crippen LogP contribution in [-0.4, -0.2) is 38.4 Å². The molecule has 284 valence electrons. The van der Waals surface area contributed by atoms with Gasteiger partial charge in [-0.25, -0.2) is 0 Å². The van der Waals surface area contributed by atoms with Crippen LogP contribution in [0.1, 0.15) is 46.3 Å². The predicted molar refractivity (Wildman–Crippen MR) is 251 cm³/mol. The first-order valence-corrected chi connectivity index (χ1v) is 22.7. The van der Waals surface area contributed by atoms with Crippen molar-refractivity contribution in [3.63, 3.8) is 0 Å². The molecule has 4 atom stereocenters. The van der Waals surface area contributed by atoms with E-state index >= 15 is 0 Å². The van der Waals surface area contributed by atoms with E-state index in [2.05, 4.69) is 95.9 Å². The quantitative estimate of drug-likeness (QED) is 0.113. The van der Waals surface area contributed by atoms with Crippen LogP contribution < -0.4 is 10.4 Å². The Labute approximate surface area is 348 Å². The molecule has 19 rings (SSSR count). The summed E-state index contributed by atoms with van der Waals surface area (Å²) in [4.78, 5) is 2.94. The number of likely N-dealkylation sites (tertiary alicyclic amines) is 1. The van der Waals surface area contributed by atoms with E-state index in [1.807, 2.05) is 0 Å². The zero-order chi connectivity index (χ0) is 38.7. The predicted octanol–water partition coefficient (Wildman–Crippen LogP) is 11.5. The molecule has 0 radical (unpaired) electrons. The van der Waals surface area contributed by atoms with Crippen LogP contribution in [0.3, 0.4) is 0 Å². The molecule has 0 bridgehead atoms. The Morgan fingerprint density at radius 2 is 1.10 bits per heavy atom. The highest BCUT2D eigenvalue weighted by Gasteiger charge is 2.66. The van der Waals surface area contributed by atoms with Gasteiger partial charge in [-0.2, -0.15) is 0 Å². The maximum Gasteiger partial charge on any atom is 0.0700 e. The van der Waals surface area contributed by atoms with E-state index in [-0.39, 0.29) is 17.5 Å². The molecule has 1 saturated heterocycles. The molecule has 1 aliphatic heterocycles. The minimum Gasteiger partial charge on any atom is -0.382 e. The summed E-state index contributed by atoms with van der Waals surface area (Å²) in [7, 11) is 1.77. The van der Waals surface area contributed by atoms with Gasteiger partial charge in [0.15, 0.2) is 0 Å². The van der Waals surface area contributed by atoms with Crippen molar-refractivity contribution in [3.8, 4) is 0 Å². The highest BCUT2D eigenvalue weighted by molar-refractivity contribution is 6.63. The van der Waals surface area contributed by atoms with Crippen molar-refractivity contribution in [3.05, 3.63) is 129 Å². The number of rotatable bonds is 8. The minimum absolute atomic E-state index is 0.159. The van der Waals surface area contributed by atoms with Crippen LogP contribution in [0.25, 0.3) is 130 Å². The average Bonchev–Trinajstić information content (AvgIpc) is 4.14. The van der Waals surface area contributed by atoms with Gasteiger partial charge in [0.2, 0.25) is 0 Å². The van der Waals surface area contributed by atoms with E-state index < -0.39 is 0 Å². The summed E-state index contributed by atoms with van der Waals surface area (Å²) < 4.78 is 11.9. The third-order valence-electron chi connectivity index (χ3n) is 18.2. The van der Waals surface area contributed by atoms with Crippen LogP contribution >= 0.6 is 0 Å². The first-order chi connectivity index (χ1) is 30.3. The number of benzene rings is 10. The molecule has 14 aromatic carbocycles. The molecule has 14 aromatic rings. The van der Waals surface area contributed by atoms with Crippen molar-refractivity contribution in [2.24, 2.45) is 5.92 Å². The SMILES string of the molecule is COCCOCCN1C(c2ccccc2)C2C3=c4c5c6c7c(cc8cc9cc%10cc%11cc%12c%13c(c4c4c5c5c7c8c7c9c%10c8c%11c%13c4c8c75)=C(C3)C%12)CC62C1c1ccccc1. The molecular weight excluding hydrogens is 743 g/mol. The Kier molecular flexibility index (Phi) is 4.47. The van der Waals surface area contributed by atoms with Crippen LogP contribution in [0, 0.1) is 5.92 Å². The van der Waals surface area contributed by atoms with Crippen LogP contribution in [0.4, 0.5) is 0 Å². The maximum absolute atomic E-state index is 6.45. The van der Waals surface area contributed by atoms with Crippen molar-refractivity contribution in [1.29, 1.82) is 0 Å². The number of nitrogens with zero attached hydrogens (tertiary/aromatic N) is 1. The normalized spacial score (nSPS) is 23.5. The summed E-state index contributed by atoms with van der Waals surface area (Å²) in [6.07, 6.45) is 3.20. The lowest BCUT2D eigenvalue weighted by molar-refractivity contribution is 0.0446. The van der Waals surface area contributed by atoms with Crippen LogP contribution in [0.5, 0.6) is 0 Å². The monoisotopic (exact) mass is 777 g/mol. The molecule has 4 aliphatic carbocycles. The maximum atomic E-state index is 6.45. The van der Waals surface area contributed by atoms with Gasteiger partial charge < -0.3 is 9.47 Å². The van der Waals surface area contributed by atoms with E-state index in [1.54, 1.807) is 132 Å². The molecule has 1 spiro atoms. The Hall–Kier alpha value is -6.10. The summed E-state index contributed by atoms with van der Waals surface area (Å²) >= 11 is 0. The first kappa shape index (κ1) is 30.0. The lowest BCUT2D eigenvalue weighted by Gasteiger charge is -2.43. The first-order valence-electron chi connectivity index (χ1n) is 22.7. The van der Waals surface area contributed by atoms with Crippen molar-refractivity contribution in [2.45, 2.75) is 36.8 Å². The van der Waals surface area contributed by atoms with E-state index in [9.17, 15) is 0 Å². The molecule has 1 fully saturated rings. The zero-order valence-corrected chi connectivity index (χ0v) is 33.6. The Morgan fingerprint density at radius 3 is 1.80 bits per heavy atom. The molecule has 61 heavy (non-hydrogen) atoms. The van der Waals surface area contributed by atoms with Gasteiger partial charge in [0, 0.05) is 37.1 Å².